The van der Waals surface area contributed by atoms with Gasteiger partial charge in [-0.05, 0) is 39.0 Å². The lowest BCUT2D eigenvalue weighted by Crippen LogP contribution is -2.29. The van der Waals surface area contributed by atoms with Crippen molar-refractivity contribution < 1.29 is 4.42 Å². The second kappa shape index (κ2) is 5.33. The van der Waals surface area contributed by atoms with Gasteiger partial charge in [-0.3, -0.25) is 4.90 Å². The van der Waals surface area contributed by atoms with E-state index in [0.717, 1.165) is 18.8 Å². The molecular formula is C12H20N2O. The molecule has 0 bridgehead atoms. The van der Waals surface area contributed by atoms with Gasteiger partial charge in [-0.1, -0.05) is 6.42 Å². The molecule has 84 valence electrons. The largest absolute Gasteiger partial charge is 0.468 e. The maximum atomic E-state index is 5.46. The lowest BCUT2D eigenvalue weighted by molar-refractivity contribution is 0.219. The highest BCUT2D eigenvalue weighted by Gasteiger charge is 2.13. The molecule has 15 heavy (non-hydrogen) atoms. The summed E-state index contributed by atoms with van der Waals surface area (Å²) in [5.74, 6) is 1.09. The van der Waals surface area contributed by atoms with Gasteiger partial charge in [0.1, 0.15) is 5.76 Å². The van der Waals surface area contributed by atoms with Gasteiger partial charge in [0.25, 0.3) is 0 Å². The molecule has 1 aromatic rings. The smallest absolute Gasteiger partial charge is 0.122 e. The monoisotopic (exact) mass is 208 g/mol. The van der Waals surface area contributed by atoms with Crippen LogP contribution in [0.25, 0.3) is 0 Å². The third kappa shape index (κ3) is 2.83. The standard InChI is InChI=1S/C12H20N2O/c1-13-9-12-11(5-8-15-12)10-14-6-3-2-4-7-14/h5,8,13H,2-4,6-7,9-10H2,1H3. The van der Waals surface area contributed by atoms with Crippen molar-refractivity contribution in [2.75, 3.05) is 20.1 Å². The van der Waals surface area contributed by atoms with Crippen LogP contribution in [-0.2, 0) is 13.1 Å². The van der Waals surface area contributed by atoms with Crippen molar-refractivity contribution in [1.82, 2.24) is 10.2 Å². The van der Waals surface area contributed by atoms with Crippen molar-refractivity contribution in [2.45, 2.75) is 32.4 Å². The molecule has 1 aliphatic heterocycles. The molecule has 2 rings (SSSR count). The normalized spacial score (nSPS) is 18.2. The van der Waals surface area contributed by atoms with E-state index in [4.69, 9.17) is 4.42 Å². The van der Waals surface area contributed by atoms with Gasteiger partial charge in [0.05, 0.1) is 12.8 Å². The summed E-state index contributed by atoms with van der Waals surface area (Å²) in [6.45, 7) is 4.36. The van der Waals surface area contributed by atoms with E-state index in [1.54, 1.807) is 6.26 Å². The summed E-state index contributed by atoms with van der Waals surface area (Å²) in [4.78, 5) is 2.52. The average molecular weight is 208 g/mol. The van der Waals surface area contributed by atoms with E-state index in [1.807, 2.05) is 7.05 Å². The summed E-state index contributed by atoms with van der Waals surface area (Å²) in [6.07, 6.45) is 5.88. The fourth-order valence-corrected chi connectivity index (χ4v) is 2.18. The topological polar surface area (TPSA) is 28.4 Å². The van der Waals surface area contributed by atoms with E-state index in [0.29, 0.717) is 0 Å². The Morgan fingerprint density at radius 3 is 2.87 bits per heavy atom. The number of hydrogen-bond donors (Lipinski definition) is 1. The fraction of sp³-hybridized carbons (Fsp3) is 0.667. The third-order valence-corrected chi connectivity index (χ3v) is 3.02. The number of nitrogens with one attached hydrogen (secondary N) is 1. The summed E-state index contributed by atoms with van der Waals surface area (Å²) in [6, 6.07) is 2.10. The minimum Gasteiger partial charge on any atom is -0.468 e. The van der Waals surface area contributed by atoms with E-state index < -0.39 is 0 Å². The zero-order chi connectivity index (χ0) is 10.5. The van der Waals surface area contributed by atoms with E-state index in [-0.39, 0.29) is 0 Å². The van der Waals surface area contributed by atoms with Crippen molar-refractivity contribution in [3.8, 4) is 0 Å². The number of piperidine rings is 1. The second-order valence-corrected chi connectivity index (χ2v) is 4.24. The minimum atomic E-state index is 0.830. The molecule has 2 heterocycles. The highest BCUT2D eigenvalue weighted by molar-refractivity contribution is 5.16. The Balaban J connectivity index is 1.93. The van der Waals surface area contributed by atoms with Crippen LogP contribution in [0.2, 0.25) is 0 Å². The highest BCUT2D eigenvalue weighted by Crippen LogP contribution is 2.16. The number of likely N-dealkylation sites (tertiary alicyclic amines) is 1. The van der Waals surface area contributed by atoms with E-state index in [2.05, 4.69) is 16.3 Å². The van der Waals surface area contributed by atoms with Gasteiger partial charge < -0.3 is 9.73 Å². The van der Waals surface area contributed by atoms with Gasteiger partial charge in [-0.15, -0.1) is 0 Å². The Kier molecular flexibility index (Phi) is 3.80. The zero-order valence-electron chi connectivity index (χ0n) is 9.46. The van der Waals surface area contributed by atoms with Gasteiger partial charge in [0.2, 0.25) is 0 Å². The lowest BCUT2D eigenvalue weighted by atomic mass is 10.1. The average Bonchev–Trinajstić information content (AvgIpc) is 2.68. The van der Waals surface area contributed by atoms with Crippen molar-refractivity contribution in [3.63, 3.8) is 0 Å². The molecule has 3 heteroatoms. The molecular weight excluding hydrogens is 188 g/mol. The quantitative estimate of drug-likeness (QED) is 0.820. The molecule has 0 saturated carbocycles. The Bertz CT molecular complexity index is 290. The maximum Gasteiger partial charge on any atom is 0.122 e. The molecule has 1 aliphatic rings. The van der Waals surface area contributed by atoms with E-state index >= 15 is 0 Å². The van der Waals surface area contributed by atoms with Crippen LogP contribution in [-0.4, -0.2) is 25.0 Å². The van der Waals surface area contributed by atoms with Crippen molar-refractivity contribution in [1.29, 1.82) is 0 Å². The first-order valence-corrected chi connectivity index (χ1v) is 5.82. The first-order chi connectivity index (χ1) is 7.40. The summed E-state index contributed by atoms with van der Waals surface area (Å²) in [5.41, 5.74) is 1.34. The number of furan rings is 1. The van der Waals surface area contributed by atoms with Crippen LogP contribution in [0.4, 0.5) is 0 Å². The molecule has 0 spiro atoms. The Morgan fingerprint density at radius 2 is 2.13 bits per heavy atom. The molecule has 0 aromatic carbocycles. The first kappa shape index (κ1) is 10.7. The number of hydrogen-bond acceptors (Lipinski definition) is 3. The van der Waals surface area contributed by atoms with Gasteiger partial charge >= 0.3 is 0 Å². The third-order valence-electron chi connectivity index (χ3n) is 3.02. The molecule has 3 nitrogen and oxygen atoms in total. The second-order valence-electron chi connectivity index (χ2n) is 4.24. The molecule has 0 radical (unpaired) electrons. The minimum absolute atomic E-state index is 0.830. The fourth-order valence-electron chi connectivity index (χ4n) is 2.18. The summed E-state index contributed by atoms with van der Waals surface area (Å²) in [5, 5.41) is 3.14. The van der Waals surface area contributed by atoms with Crippen molar-refractivity contribution in [2.24, 2.45) is 0 Å². The maximum absolute atomic E-state index is 5.46. The van der Waals surface area contributed by atoms with E-state index in [9.17, 15) is 0 Å². The predicted octanol–water partition coefficient (Wildman–Crippen LogP) is 1.98. The van der Waals surface area contributed by atoms with Crippen LogP contribution >= 0.6 is 0 Å². The van der Waals surface area contributed by atoms with Crippen LogP contribution < -0.4 is 5.32 Å². The van der Waals surface area contributed by atoms with E-state index in [1.165, 1.54) is 37.9 Å². The molecule has 0 amide bonds. The molecule has 1 N–H and O–H groups in total. The van der Waals surface area contributed by atoms with Crippen LogP contribution in [0.5, 0.6) is 0 Å². The SMILES string of the molecule is CNCc1occc1CN1CCCCC1. The molecule has 0 atom stereocenters. The molecule has 0 unspecified atom stereocenters. The predicted molar refractivity (Wildman–Crippen MR) is 60.6 cm³/mol. The Labute approximate surface area is 91.4 Å². The molecule has 1 aromatic heterocycles. The molecule has 1 fully saturated rings. The molecule has 0 aliphatic carbocycles. The number of nitrogens with zero attached hydrogens (tertiary/aromatic N) is 1. The van der Waals surface area contributed by atoms with Gasteiger partial charge in [-0.25, -0.2) is 0 Å². The van der Waals surface area contributed by atoms with Crippen LogP contribution in [0, 0.1) is 0 Å². The molecule has 1 saturated heterocycles. The van der Waals surface area contributed by atoms with Gasteiger partial charge in [0, 0.05) is 12.1 Å². The summed E-state index contributed by atoms with van der Waals surface area (Å²) < 4.78 is 5.46. The number of rotatable bonds is 4. The van der Waals surface area contributed by atoms with Crippen molar-refractivity contribution >= 4 is 0 Å². The Hall–Kier alpha value is -0.800. The van der Waals surface area contributed by atoms with Crippen LogP contribution in [0.3, 0.4) is 0 Å². The zero-order valence-corrected chi connectivity index (χ0v) is 9.46. The summed E-state index contributed by atoms with van der Waals surface area (Å²) in [7, 11) is 1.95. The first-order valence-electron chi connectivity index (χ1n) is 5.82. The van der Waals surface area contributed by atoms with Gasteiger partial charge in [-0.2, -0.15) is 0 Å². The summed E-state index contributed by atoms with van der Waals surface area (Å²) >= 11 is 0. The van der Waals surface area contributed by atoms with Crippen LogP contribution in [0.1, 0.15) is 30.6 Å². The van der Waals surface area contributed by atoms with Crippen molar-refractivity contribution in [3.05, 3.63) is 23.7 Å². The highest BCUT2D eigenvalue weighted by atomic mass is 16.3. The lowest BCUT2D eigenvalue weighted by Gasteiger charge is -2.26. The van der Waals surface area contributed by atoms with Crippen LogP contribution in [0.15, 0.2) is 16.7 Å². The van der Waals surface area contributed by atoms with Gasteiger partial charge in [0.15, 0.2) is 0 Å². The Morgan fingerprint density at radius 1 is 1.33 bits per heavy atom.